The van der Waals surface area contributed by atoms with Crippen LogP contribution in [0.15, 0.2) is 40.9 Å². The van der Waals surface area contributed by atoms with Crippen LogP contribution in [0, 0.1) is 17.1 Å². The number of halogens is 2. The summed E-state index contributed by atoms with van der Waals surface area (Å²) < 4.78 is 14.0. The molecular weight excluding hydrogens is 285 g/mol. The zero-order chi connectivity index (χ0) is 12.4. The lowest BCUT2D eigenvalue weighted by molar-refractivity contribution is 0.473. The van der Waals surface area contributed by atoms with Gasteiger partial charge in [-0.2, -0.15) is 5.26 Å². The van der Waals surface area contributed by atoms with Crippen molar-refractivity contribution < 1.29 is 9.50 Å². The van der Waals surface area contributed by atoms with Crippen molar-refractivity contribution in [2.24, 2.45) is 0 Å². The lowest BCUT2D eigenvalue weighted by Gasteiger charge is -2.08. The Bertz CT molecular complexity index is 619. The van der Waals surface area contributed by atoms with Gasteiger partial charge in [-0.1, -0.05) is 18.2 Å². The summed E-state index contributed by atoms with van der Waals surface area (Å²) in [6, 6.07) is 11.0. The molecule has 0 fully saturated rings. The van der Waals surface area contributed by atoms with Crippen LogP contribution in [0.3, 0.4) is 0 Å². The van der Waals surface area contributed by atoms with Crippen molar-refractivity contribution >= 4 is 15.9 Å². The molecule has 4 heteroatoms. The van der Waals surface area contributed by atoms with Crippen LogP contribution in [0.1, 0.15) is 5.56 Å². The van der Waals surface area contributed by atoms with Crippen molar-refractivity contribution in [3.05, 3.63) is 52.3 Å². The second kappa shape index (κ2) is 4.56. The van der Waals surface area contributed by atoms with Crippen LogP contribution in [-0.2, 0) is 0 Å². The standard InChI is InChI=1S/C13H7BrFNO/c14-11-6-8(7-16)5-10(13(11)17)9-3-1-2-4-12(9)15/h1-6,17H. The van der Waals surface area contributed by atoms with E-state index in [2.05, 4.69) is 15.9 Å². The van der Waals surface area contributed by atoms with Gasteiger partial charge in [-0.25, -0.2) is 4.39 Å². The first-order valence-electron chi connectivity index (χ1n) is 4.81. The number of hydrogen-bond donors (Lipinski definition) is 1. The highest BCUT2D eigenvalue weighted by Crippen LogP contribution is 2.37. The molecule has 0 saturated heterocycles. The molecule has 2 aromatic rings. The molecule has 0 saturated carbocycles. The summed E-state index contributed by atoms with van der Waals surface area (Å²) in [5, 5.41) is 18.7. The molecule has 2 aromatic carbocycles. The van der Waals surface area contributed by atoms with Crippen LogP contribution in [0.25, 0.3) is 11.1 Å². The zero-order valence-electron chi connectivity index (χ0n) is 8.61. The minimum Gasteiger partial charge on any atom is -0.506 e. The van der Waals surface area contributed by atoms with Crippen LogP contribution < -0.4 is 0 Å². The van der Waals surface area contributed by atoms with E-state index in [9.17, 15) is 9.50 Å². The van der Waals surface area contributed by atoms with Gasteiger partial charge in [0.05, 0.1) is 16.1 Å². The maximum Gasteiger partial charge on any atom is 0.137 e. The van der Waals surface area contributed by atoms with Crippen molar-refractivity contribution in [2.75, 3.05) is 0 Å². The topological polar surface area (TPSA) is 44.0 Å². The maximum absolute atomic E-state index is 13.6. The van der Waals surface area contributed by atoms with E-state index in [-0.39, 0.29) is 11.3 Å². The molecule has 0 amide bonds. The largest absolute Gasteiger partial charge is 0.506 e. The quantitative estimate of drug-likeness (QED) is 0.868. The van der Waals surface area contributed by atoms with Crippen LogP contribution in [0.2, 0.25) is 0 Å². The summed E-state index contributed by atoms with van der Waals surface area (Å²) >= 11 is 3.14. The van der Waals surface area contributed by atoms with E-state index in [4.69, 9.17) is 5.26 Å². The molecule has 0 aliphatic carbocycles. The van der Waals surface area contributed by atoms with Gasteiger partial charge >= 0.3 is 0 Å². The van der Waals surface area contributed by atoms with Crippen LogP contribution in [0.5, 0.6) is 5.75 Å². The SMILES string of the molecule is N#Cc1cc(Br)c(O)c(-c2ccccc2F)c1. The molecule has 0 spiro atoms. The fourth-order valence-corrected chi connectivity index (χ4v) is 2.01. The van der Waals surface area contributed by atoms with E-state index >= 15 is 0 Å². The first kappa shape index (κ1) is 11.6. The number of phenolic OH excluding ortho intramolecular Hbond substituents is 1. The molecule has 17 heavy (non-hydrogen) atoms. The lowest BCUT2D eigenvalue weighted by Crippen LogP contribution is -1.87. The summed E-state index contributed by atoms with van der Waals surface area (Å²) in [5.74, 6) is -0.515. The molecule has 0 bridgehead atoms. The normalized spacial score (nSPS) is 9.94. The number of nitrogens with zero attached hydrogens (tertiary/aromatic N) is 1. The van der Waals surface area contributed by atoms with Gasteiger partial charge in [-0.05, 0) is 34.1 Å². The van der Waals surface area contributed by atoms with Crippen molar-refractivity contribution in [3.8, 4) is 22.9 Å². The number of benzene rings is 2. The molecular formula is C13H7BrFNO. The van der Waals surface area contributed by atoms with Gasteiger partial charge < -0.3 is 5.11 Å². The van der Waals surface area contributed by atoms with Gasteiger partial charge in [-0.3, -0.25) is 0 Å². The van der Waals surface area contributed by atoms with Crippen molar-refractivity contribution in [3.63, 3.8) is 0 Å². The Labute approximate surface area is 106 Å². The van der Waals surface area contributed by atoms with Gasteiger partial charge in [0.2, 0.25) is 0 Å². The molecule has 0 aromatic heterocycles. The average Bonchev–Trinajstić information content (AvgIpc) is 2.33. The van der Waals surface area contributed by atoms with Gasteiger partial charge in [0.1, 0.15) is 11.6 Å². The predicted molar refractivity (Wildman–Crippen MR) is 65.9 cm³/mol. The molecule has 84 valence electrons. The zero-order valence-corrected chi connectivity index (χ0v) is 10.2. The first-order chi connectivity index (χ1) is 8.13. The highest BCUT2D eigenvalue weighted by atomic mass is 79.9. The van der Waals surface area contributed by atoms with Crippen LogP contribution in [0.4, 0.5) is 4.39 Å². The number of phenols is 1. The monoisotopic (exact) mass is 291 g/mol. The maximum atomic E-state index is 13.6. The Balaban J connectivity index is 2.72. The molecule has 2 nitrogen and oxygen atoms in total. The number of nitriles is 1. The van der Waals surface area contributed by atoms with E-state index in [1.165, 1.54) is 18.2 Å². The van der Waals surface area contributed by atoms with Crippen molar-refractivity contribution in [1.29, 1.82) is 5.26 Å². The fourth-order valence-electron chi connectivity index (χ4n) is 1.55. The predicted octanol–water partition coefficient (Wildman–Crippen LogP) is 3.83. The summed E-state index contributed by atoms with van der Waals surface area (Å²) in [6.45, 7) is 0. The molecule has 1 N–H and O–H groups in total. The average molecular weight is 292 g/mol. The van der Waals surface area contributed by atoms with Gasteiger partial charge in [0.15, 0.2) is 0 Å². The Morgan fingerprint density at radius 2 is 1.88 bits per heavy atom. The summed E-state index contributed by atoms with van der Waals surface area (Å²) in [6.07, 6.45) is 0. The van der Waals surface area contributed by atoms with E-state index < -0.39 is 5.82 Å². The smallest absolute Gasteiger partial charge is 0.137 e. The number of aromatic hydroxyl groups is 1. The number of hydrogen-bond acceptors (Lipinski definition) is 2. The molecule has 0 aliphatic rings. The lowest BCUT2D eigenvalue weighted by atomic mass is 10.0. The summed E-state index contributed by atoms with van der Waals surface area (Å²) in [5.41, 5.74) is 0.921. The van der Waals surface area contributed by atoms with Crippen molar-refractivity contribution in [1.82, 2.24) is 0 Å². The highest BCUT2D eigenvalue weighted by Gasteiger charge is 2.13. The van der Waals surface area contributed by atoms with E-state index in [1.54, 1.807) is 18.2 Å². The molecule has 0 atom stereocenters. The van der Waals surface area contributed by atoms with Crippen molar-refractivity contribution in [2.45, 2.75) is 0 Å². The fraction of sp³-hybridized carbons (Fsp3) is 0. The summed E-state index contributed by atoms with van der Waals surface area (Å²) in [4.78, 5) is 0. The van der Waals surface area contributed by atoms with E-state index in [0.29, 0.717) is 15.6 Å². The third-order valence-electron chi connectivity index (χ3n) is 2.36. The van der Waals surface area contributed by atoms with E-state index in [1.807, 2.05) is 6.07 Å². The Morgan fingerprint density at radius 1 is 1.18 bits per heavy atom. The first-order valence-corrected chi connectivity index (χ1v) is 5.60. The van der Waals surface area contributed by atoms with Crippen LogP contribution in [-0.4, -0.2) is 5.11 Å². The van der Waals surface area contributed by atoms with Crippen LogP contribution >= 0.6 is 15.9 Å². The number of rotatable bonds is 1. The Kier molecular flexibility index (Phi) is 3.12. The molecule has 0 unspecified atom stereocenters. The molecule has 0 radical (unpaired) electrons. The van der Waals surface area contributed by atoms with Gasteiger partial charge in [-0.15, -0.1) is 0 Å². The summed E-state index contributed by atoms with van der Waals surface area (Å²) in [7, 11) is 0. The van der Waals surface area contributed by atoms with E-state index in [0.717, 1.165) is 0 Å². The van der Waals surface area contributed by atoms with Gasteiger partial charge in [0, 0.05) is 11.1 Å². The Hall–Kier alpha value is -1.86. The Morgan fingerprint density at radius 3 is 2.53 bits per heavy atom. The third kappa shape index (κ3) is 2.15. The molecule has 2 rings (SSSR count). The van der Waals surface area contributed by atoms with Gasteiger partial charge in [0.25, 0.3) is 0 Å². The second-order valence-corrected chi connectivity index (χ2v) is 4.30. The highest BCUT2D eigenvalue weighted by molar-refractivity contribution is 9.10. The molecule has 0 heterocycles. The molecule has 0 aliphatic heterocycles. The minimum absolute atomic E-state index is 0.0749. The minimum atomic E-state index is -0.440. The second-order valence-electron chi connectivity index (χ2n) is 3.45. The third-order valence-corrected chi connectivity index (χ3v) is 2.96.